The molecule has 6 atom stereocenters. The number of nitrogens with one attached hydrogen (secondary N) is 1. The minimum Gasteiger partial charge on any atom is -0.478 e. The third-order valence-corrected chi connectivity index (χ3v) is 6.81. The number of amides is 1. The lowest BCUT2D eigenvalue weighted by Crippen LogP contribution is -2.51. The van der Waals surface area contributed by atoms with Crippen LogP contribution in [0.25, 0.3) is 0 Å². The molecule has 7 nitrogen and oxygen atoms in total. The first-order chi connectivity index (χ1) is 11.7. The molecule has 25 heavy (non-hydrogen) atoms. The van der Waals surface area contributed by atoms with Gasteiger partial charge in [-0.3, -0.25) is 9.59 Å². The normalized spacial score (nSPS) is 35.4. The van der Waals surface area contributed by atoms with Crippen molar-refractivity contribution in [2.24, 2.45) is 17.8 Å². The first-order valence-electron chi connectivity index (χ1n) is 8.51. The molecule has 8 heteroatoms. The Balaban J connectivity index is 1.71. The summed E-state index contributed by atoms with van der Waals surface area (Å²) in [5, 5.41) is 22.7. The molecule has 0 bridgehead atoms. The predicted octanol–water partition coefficient (Wildman–Crippen LogP) is 0.0928. The van der Waals surface area contributed by atoms with Crippen LogP contribution >= 0.6 is 11.8 Å². The monoisotopic (exact) mass is 368 g/mol. The zero-order valence-electron chi connectivity index (χ0n) is 14.6. The molecule has 138 valence electrons. The van der Waals surface area contributed by atoms with Gasteiger partial charge in [-0.25, -0.2) is 4.79 Å². The Morgan fingerprint density at radius 1 is 1.36 bits per heavy atom. The summed E-state index contributed by atoms with van der Waals surface area (Å²) >= 11 is 1.48. The van der Waals surface area contributed by atoms with Crippen molar-refractivity contribution in [3.05, 3.63) is 10.5 Å². The highest BCUT2D eigenvalue weighted by Gasteiger charge is 2.58. The van der Waals surface area contributed by atoms with Crippen molar-refractivity contribution in [2.45, 2.75) is 37.2 Å². The summed E-state index contributed by atoms with van der Waals surface area (Å²) in [5.41, 5.74) is 0.208. The molecule has 1 aliphatic heterocycles. The Morgan fingerprint density at radius 3 is 2.60 bits per heavy atom. The number of likely N-dealkylation sites (N-methyl/N-ethyl adjacent to an activating group) is 1. The quantitative estimate of drug-likeness (QED) is 0.631. The molecule has 0 aromatic heterocycles. The van der Waals surface area contributed by atoms with Crippen molar-refractivity contribution in [1.82, 2.24) is 10.2 Å². The van der Waals surface area contributed by atoms with E-state index in [0.29, 0.717) is 19.4 Å². The van der Waals surface area contributed by atoms with Gasteiger partial charge >= 0.3 is 5.97 Å². The highest BCUT2D eigenvalue weighted by molar-refractivity contribution is 8.03. The number of allylic oxidation sites excluding steroid dienone is 1. The molecule has 1 saturated carbocycles. The summed E-state index contributed by atoms with van der Waals surface area (Å²) in [5.74, 6) is -2.31. The second kappa shape index (κ2) is 6.74. The standard InChI is InChI=1S/C17H24N2O5S/c1-7(20)12-9-5-11(14(17(23)24)13(9)15(12)21)25-8-4-10(18-6-8)16(22)19(2)3/h7-10,12-13,18,20H,4-6H2,1-3H3,(H,23,24)/t7-,8+,9-,10+,12-,13?/m1/s1. The number of hydrogen-bond donors (Lipinski definition) is 3. The van der Waals surface area contributed by atoms with E-state index in [0.717, 1.165) is 4.91 Å². The van der Waals surface area contributed by atoms with Gasteiger partial charge in [0.15, 0.2) is 0 Å². The van der Waals surface area contributed by atoms with Gasteiger partial charge in [0.1, 0.15) is 5.78 Å². The van der Waals surface area contributed by atoms with Crippen molar-refractivity contribution >= 4 is 29.4 Å². The SMILES string of the molecule is C[C@@H](O)[C@H]1C(=O)C2C(C(=O)O)=C(S[C@@H]3CN[C@H](C(=O)N(C)C)C3)C[C@@H]21. The molecule has 1 heterocycles. The fourth-order valence-electron chi connectivity index (χ4n) is 4.27. The van der Waals surface area contributed by atoms with Crippen LogP contribution in [0.2, 0.25) is 0 Å². The van der Waals surface area contributed by atoms with Gasteiger partial charge in [-0.2, -0.15) is 0 Å². The molecule has 3 rings (SSSR count). The van der Waals surface area contributed by atoms with E-state index in [1.807, 2.05) is 0 Å². The molecule has 0 radical (unpaired) electrons. The number of carbonyl (C=O) groups is 3. The molecule has 0 aromatic carbocycles. The van der Waals surface area contributed by atoms with E-state index in [-0.39, 0.29) is 34.5 Å². The number of thioether (sulfide) groups is 1. The van der Waals surface area contributed by atoms with Crippen LogP contribution in [0.3, 0.4) is 0 Å². The zero-order valence-corrected chi connectivity index (χ0v) is 15.4. The molecule has 1 amide bonds. The van der Waals surface area contributed by atoms with Crippen LogP contribution in [-0.4, -0.2) is 70.8 Å². The smallest absolute Gasteiger partial charge is 0.333 e. The Kier molecular flexibility index (Phi) is 4.96. The summed E-state index contributed by atoms with van der Waals surface area (Å²) in [6, 6.07) is -0.244. The average molecular weight is 368 g/mol. The Morgan fingerprint density at radius 2 is 2.04 bits per heavy atom. The summed E-state index contributed by atoms with van der Waals surface area (Å²) in [4.78, 5) is 38.3. The maximum atomic E-state index is 12.3. The van der Waals surface area contributed by atoms with E-state index in [4.69, 9.17) is 0 Å². The summed E-state index contributed by atoms with van der Waals surface area (Å²) in [6.45, 7) is 2.22. The Bertz CT molecular complexity index is 645. The molecule has 1 unspecified atom stereocenters. The predicted molar refractivity (Wildman–Crippen MR) is 92.9 cm³/mol. The van der Waals surface area contributed by atoms with Crippen LogP contribution in [0.1, 0.15) is 19.8 Å². The van der Waals surface area contributed by atoms with E-state index in [2.05, 4.69) is 5.32 Å². The molecule has 0 spiro atoms. The number of nitrogens with zero attached hydrogens (tertiary/aromatic N) is 1. The highest BCUT2D eigenvalue weighted by Crippen LogP contribution is 2.55. The number of hydrogen-bond acceptors (Lipinski definition) is 6. The number of aliphatic hydroxyl groups excluding tert-OH is 1. The summed E-state index contributed by atoms with van der Waals surface area (Å²) in [6.07, 6.45) is 0.422. The van der Waals surface area contributed by atoms with Crippen molar-refractivity contribution in [1.29, 1.82) is 0 Å². The molecule has 3 aliphatic rings. The Labute approximate surface area is 150 Å². The zero-order chi connectivity index (χ0) is 18.5. The second-order valence-corrected chi connectivity index (χ2v) is 8.72. The maximum absolute atomic E-state index is 12.3. The maximum Gasteiger partial charge on any atom is 0.333 e. The van der Waals surface area contributed by atoms with E-state index >= 15 is 0 Å². The van der Waals surface area contributed by atoms with E-state index in [1.54, 1.807) is 25.9 Å². The molecule has 3 N–H and O–H groups in total. The highest BCUT2D eigenvalue weighted by atomic mass is 32.2. The van der Waals surface area contributed by atoms with Crippen LogP contribution in [0.15, 0.2) is 10.5 Å². The van der Waals surface area contributed by atoms with Gasteiger partial charge < -0.3 is 20.4 Å². The van der Waals surface area contributed by atoms with E-state index in [1.165, 1.54) is 11.8 Å². The molecule has 1 saturated heterocycles. The lowest BCUT2D eigenvalue weighted by molar-refractivity contribution is -0.149. The first-order valence-corrected chi connectivity index (χ1v) is 9.39. The van der Waals surface area contributed by atoms with Gasteiger partial charge in [-0.15, -0.1) is 11.8 Å². The van der Waals surface area contributed by atoms with Crippen molar-refractivity contribution in [3.8, 4) is 0 Å². The minimum absolute atomic E-state index is 0.0198. The van der Waals surface area contributed by atoms with Crippen LogP contribution in [-0.2, 0) is 14.4 Å². The first kappa shape index (κ1) is 18.4. The number of ketones is 1. The number of Topliss-reactive ketones (excluding diaryl/α,β-unsaturated/α-hetero) is 1. The third-order valence-electron chi connectivity index (χ3n) is 5.45. The molecule has 2 aliphatic carbocycles. The molecule has 0 aromatic rings. The second-order valence-electron chi connectivity index (χ2n) is 7.33. The third kappa shape index (κ3) is 3.11. The van der Waals surface area contributed by atoms with Crippen LogP contribution in [0.4, 0.5) is 0 Å². The van der Waals surface area contributed by atoms with Crippen LogP contribution in [0.5, 0.6) is 0 Å². The molecule has 2 fully saturated rings. The van der Waals surface area contributed by atoms with E-state index < -0.39 is 23.9 Å². The van der Waals surface area contributed by atoms with Gasteiger partial charge in [0.05, 0.1) is 23.6 Å². The van der Waals surface area contributed by atoms with Gasteiger partial charge in [0.25, 0.3) is 0 Å². The number of carboxylic acids is 1. The number of carboxylic acid groups (broad SMARTS) is 1. The van der Waals surface area contributed by atoms with Crippen molar-refractivity contribution in [2.75, 3.05) is 20.6 Å². The minimum atomic E-state index is -1.04. The van der Waals surface area contributed by atoms with Crippen LogP contribution < -0.4 is 5.32 Å². The number of rotatable bonds is 5. The largest absolute Gasteiger partial charge is 0.478 e. The van der Waals surface area contributed by atoms with Gasteiger partial charge in [-0.05, 0) is 30.6 Å². The topological polar surface area (TPSA) is 107 Å². The fraction of sp³-hybridized carbons (Fsp3) is 0.706. The van der Waals surface area contributed by atoms with Crippen molar-refractivity contribution < 1.29 is 24.6 Å². The summed E-state index contributed by atoms with van der Waals surface area (Å²) in [7, 11) is 3.43. The van der Waals surface area contributed by atoms with Gasteiger partial charge in [0, 0.05) is 31.8 Å². The van der Waals surface area contributed by atoms with Crippen LogP contribution in [0, 0.1) is 17.8 Å². The number of aliphatic hydroxyl groups is 1. The molecular weight excluding hydrogens is 344 g/mol. The van der Waals surface area contributed by atoms with E-state index in [9.17, 15) is 24.6 Å². The van der Waals surface area contributed by atoms with Crippen molar-refractivity contribution in [3.63, 3.8) is 0 Å². The summed E-state index contributed by atoms with van der Waals surface area (Å²) < 4.78 is 0. The molecular formula is C17H24N2O5S. The number of fused-ring (bicyclic) bond motifs is 1. The average Bonchev–Trinajstić information content (AvgIpc) is 3.09. The number of carbonyl (C=O) groups excluding carboxylic acids is 2. The lowest BCUT2D eigenvalue weighted by atomic mass is 9.61. The Hall–Kier alpha value is -1.38. The van der Waals surface area contributed by atoms with Gasteiger partial charge in [-0.1, -0.05) is 0 Å². The number of aliphatic carboxylic acids is 1. The lowest BCUT2D eigenvalue weighted by Gasteiger charge is -2.41. The van der Waals surface area contributed by atoms with Gasteiger partial charge in [0.2, 0.25) is 5.91 Å². The fourth-order valence-corrected chi connectivity index (χ4v) is 5.77.